The molecule has 9 heteroatoms. The predicted octanol–water partition coefficient (Wildman–Crippen LogP) is 3.20. The van der Waals surface area contributed by atoms with Crippen molar-refractivity contribution in [1.29, 1.82) is 0 Å². The Labute approximate surface area is 209 Å². The number of nitrogens with two attached hydrogens (primary N) is 1. The second-order valence-electron chi connectivity index (χ2n) is 9.70. The number of aromatic nitrogens is 1. The summed E-state index contributed by atoms with van der Waals surface area (Å²) in [5, 5.41) is 2.80. The number of nitrogens with one attached hydrogen (secondary N) is 1. The number of rotatable bonds is 5. The summed E-state index contributed by atoms with van der Waals surface area (Å²) in [5.41, 5.74) is 3.05. The number of hydrogen-bond donors (Lipinski definition) is 2. The van der Waals surface area contributed by atoms with Crippen molar-refractivity contribution in [2.45, 2.75) is 25.7 Å². The van der Waals surface area contributed by atoms with Crippen molar-refractivity contribution >= 4 is 29.7 Å². The summed E-state index contributed by atoms with van der Waals surface area (Å²) in [7, 11) is 0. The van der Waals surface area contributed by atoms with Gasteiger partial charge in [0.1, 0.15) is 17.7 Å². The van der Waals surface area contributed by atoms with Crippen LogP contribution in [-0.2, 0) is 4.79 Å². The maximum Gasteiger partial charge on any atom is 0.264 e. The van der Waals surface area contributed by atoms with Crippen molar-refractivity contribution < 1.29 is 14.2 Å². The van der Waals surface area contributed by atoms with Crippen LogP contribution in [0, 0.1) is 11.8 Å². The summed E-state index contributed by atoms with van der Waals surface area (Å²) in [6, 6.07) is 12.6. The van der Waals surface area contributed by atoms with Crippen molar-refractivity contribution in [2.75, 3.05) is 18.4 Å². The molecule has 2 unspecified atom stereocenters. The Balaban J connectivity index is 1.26. The highest BCUT2D eigenvalue weighted by atomic mass is 16.2. The topological polar surface area (TPSA) is 113 Å². The van der Waals surface area contributed by atoms with Crippen LogP contribution in [0.25, 0.3) is 0 Å². The highest BCUT2D eigenvalue weighted by Gasteiger charge is 2.47. The summed E-state index contributed by atoms with van der Waals surface area (Å²) in [6.07, 6.45) is 10.8. The third-order valence-electron chi connectivity index (χ3n) is 7.18. The fourth-order valence-electron chi connectivity index (χ4n) is 5.09. The smallest absolute Gasteiger partial charge is 0.264 e. The average Bonchev–Trinajstić information content (AvgIpc) is 3.71. The molecule has 0 spiro atoms. The van der Waals surface area contributed by atoms with E-state index in [1.807, 2.05) is 29.3 Å². The maximum atomic E-state index is 12.7. The van der Waals surface area contributed by atoms with E-state index >= 15 is 0 Å². The van der Waals surface area contributed by atoms with Crippen LogP contribution in [0.5, 0.6) is 0 Å². The molecule has 1 aromatic heterocycles. The molecule has 2 fully saturated rings. The first kappa shape index (κ1) is 22.5. The molecular weight excluding hydrogens is 454 g/mol. The van der Waals surface area contributed by atoms with Crippen LogP contribution >= 0.6 is 0 Å². The number of pyridine rings is 1. The largest absolute Gasteiger partial charge is 0.342 e. The second kappa shape index (κ2) is 8.92. The minimum absolute atomic E-state index is 0.0780. The molecule has 3 aliphatic heterocycles. The fourth-order valence-corrected chi connectivity index (χ4v) is 5.09. The van der Waals surface area contributed by atoms with Gasteiger partial charge in [0.05, 0.1) is 18.0 Å². The van der Waals surface area contributed by atoms with E-state index in [0.29, 0.717) is 23.8 Å². The first-order valence-corrected chi connectivity index (χ1v) is 12.4. The van der Waals surface area contributed by atoms with E-state index in [4.69, 9.17) is 10.8 Å². The molecule has 1 aliphatic carbocycles. The van der Waals surface area contributed by atoms with Crippen molar-refractivity contribution in [3.05, 3.63) is 83.6 Å². The molecule has 0 radical (unpaired) electrons. The predicted molar refractivity (Wildman–Crippen MR) is 136 cm³/mol. The number of quaternary nitrogens is 1. The molecule has 36 heavy (non-hydrogen) atoms. The van der Waals surface area contributed by atoms with Crippen LogP contribution in [0.3, 0.4) is 0 Å². The Morgan fingerprint density at radius 2 is 1.92 bits per heavy atom. The van der Waals surface area contributed by atoms with E-state index in [0.717, 1.165) is 49.2 Å². The zero-order valence-electron chi connectivity index (χ0n) is 19.9. The zero-order valence-corrected chi connectivity index (χ0v) is 19.9. The summed E-state index contributed by atoms with van der Waals surface area (Å²) < 4.78 is -0.0780. The number of nitrogens with zero attached hydrogens (tertiary/aromatic N) is 5. The van der Waals surface area contributed by atoms with Gasteiger partial charge in [0.2, 0.25) is 11.6 Å². The number of carbonyl (C=O) groups is 2. The molecule has 4 aliphatic rings. The molecule has 1 saturated heterocycles. The molecule has 9 nitrogen and oxygen atoms in total. The van der Waals surface area contributed by atoms with Gasteiger partial charge in [-0.25, -0.2) is 4.98 Å². The maximum absolute atomic E-state index is 12.7. The first-order valence-electron chi connectivity index (χ1n) is 12.4. The molecule has 2 amide bonds. The lowest BCUT2D eigenvalue weighted by atomic mass is 9.93. The summed E-state index contributed by atoms with van der Waals surface area (Å²) in [6.45, 7) is 1.47. The number of amides is 2. The molecule has 3 N–H and O–H groups in total. The van der Waals surface area contributed by atoms with Gasteiger partial charge < -0.3 is 10.2 Å². The Bertz CT molecular complexity index is 1330. The number of hydrogen-bond acceptors (Lipinski definition) is 6. The highest BCUT2D eigenvalue weighted by molar-refractivity contribution is 6.05. The number of aliphatic imine (C=N–C) groups is 2. The van der Waals surface area contributed by atoms with Gasteiger partial charge in [0.25, 0.3) is 11.7 Å². The monoisotopic (exact) mass is 482 g/mol. The third-order valence-corrected chi connectivity index (χ3v) is 7.18. The van der Waals surface area contributed by atoms with E-state index in [2.05, 4.69) is 15.3 Å². The fraction of sp³-hybridized carbons (Fsp3) is 0.296. The molecule has 1 saturated carbocycles. The molecule has 2 atom stereocenters. The normalized spacial score (nSPS) is 25.0. The van der Waals surface area contributed by atoms with Gasteiger partial charge >= 0.3 is 0 Å². The number of amidine groups is 1. The zero-order chi connectivity index (χ0) is 24.7. The van der Waals surface area contributed by atoms with Gasteiger partial charge in [-0.1, -0.05) is 6.07 Å². The Morgan fingerprint density at radius 1 is 1.08 bits per heavy atom. The number of anilines is 1. The number of allylic oxidation sites excluding steroid dienone is 1. The van der Waals surface area contributed by atoms with Crippen LogP contribution in [0.2, 0.25) is 0 Å². The lowest BCUT2D eigenvalue weighted by Gasteiger charge is -2.33. The van der Waals surface area contributed by atoms with Gasteiger partial charge in [-0.05, 0) is 62.1 Å². The van der Waals surface area contributed by atoms with Crippen molar-refractivity contribution in [2.24, 2.45) is 27.7 Å². The van der Waals surface area contributed by atoms with Crippen molar-refractivity contribution in [3.63, 3.8) is 0 Å². The standard InChI is InChI=1S/C27H27N7O2/c28-34-15-13-29-16-22(34)24(21-4-3-14-33(17-21)27(36)20-10-11-20)32-25(34)18-6-8-19(9-7-18)26(35)31-23-5-1-2-12-30-23/h1-2,5-9,12-13,15-16,20-21H,3-4,10-11,14,17,28H2/p+1. The number of fused-ring (bicyclic) bond motifs is 1. The van der Waals surface area contributed by atoms with E-state index in [1.165, 1.54) is 0 Å². The molecule has 6 rings (SSSR count). The van der Waals surface area contributed by atoms with Crippen LogP contribution in [-0.4, -0.2) is 51.4 Å². The SMILES string of the molecule is N[N+]12C=CN=CC1=C(C1CCCN(C(=O)C3CC3)C1)N=C2c1ccc(C(=O)Nc2ccccn2)cc1. The minimum atomic E-state index is -0.239. The van der Waals surface area contributed by atoms with E-state index in [9.17, 15) is 9.59 Å². The van der Waals surface area contributed by atoms with Crippen LogP contribution in [0.4, 0.5) is 5.82 Å². The molecule has 1 aromatic carbocycles. The Hall–Kier alpha value is -3.95. The lowest BCUT2D eigenvalue weighted by Crippen LogP contribution is -2.53. The Kier molecular flexibility index (Phi) is 5.58. The lowest BCUT2D eigenvalue weighted by molar-refractivity contribution is -0.750. The molecule has 182 valence electrons. The number of carbonyl (C=O) groups excluding carboxylic acids is 2. The third kappa shape index (κ3) is 4.06. The first-order chi connectivity index (χ1) is 17.5. The second-order valence-corrected chi connectivity index (χ2v) is 9.70. The van der Waals surface area contributed by atoms with Gasteiger partial charge in [0, 0.05) is 36.7 Å². The number of benzene rings is 1. The summed E-state index contributed by atoms with van der Waals surface area (Å²) >= 11 is 0. The average molecular weight is 483 g/mol. The van der Waals surface area contributed by atoms with E-state index in [-0.39, 0.29) is 28.2 Å². The number of likely N-dealkylation sites (tertiary alicyclic amines) is 1. The van der Waals surface area contributed by atoms with Crippen LogP contribution in [0.1, 0.15) is 41.6 Å². The van der Waals surface area contributed by atoms with Gasteiger partial charge in [-0.2, -0.15) is 10.8 Å². The van der Waals surface area contributed by atoms with E-state index < -0.39 is 0 Å². The summed E-state index contributed by atoms with van der Waals surface area (Å²) in [4.78, 5) is 40.9. The Morgan fingerprint density at radius 3 is 2.67 bits per heavy atom. The van der Waals surface area contributed by atoms with Gasteiger partial charge in [-0.3, -0.25) is 14.6 Å². The van der Waals surface area contributed by atoms with Crippen LogP contribution in [0.15, 0.2) is 82.4 Å². The van der Waals surface area contributed by atoms with Gasteiger partial charge in [-0.15, -0.1) is 4.59 Å². The van der Waals surface area contributed by atoms with Crippen molar-refractivity contribution in [3.8, 4) is 0 Å². The molecule has 2 aromatic rings. The molecule has 0 bridgehead atoms. The summed E-state index contributed by atoms with van der Waals surface area (Å²) in [5.74, 6) is 8.41. The molecule has 4 heterocycles. The highest BCUT2D eigenvalue weighted by Crippen LogP contribution is 2.39. The van der Waals surface area contributed by atoms with E-state index in [1.54, 1.807) is 42.9 Å². The minimum Gasteiger partial charge on any atom is -0.342 e. The molecular formula is C27H28N7O2+. The quantitative estimate of drug-likeness (QED) is 0.503. The van der Waals surface area contributed by atoms with Gasteiger partial charge in [0.15, 0.2) is 0 Å². The van der Waals surface area contributed by atoms with Crippen molar-refractivity contribution in [1.82, 2.24) is 9.88 Å². The number of piperidine rings is 1. The van der Waals surface area contributed by atoms with Crippen LogP contribution < -0.4 is 11.2 Å².